The van der Waals surface area contributed by atoms with Gasteiger partial charge in [0.05, 0.1) is 43.9 Å². The lowest BCUT2D eigenvalue weighted by Gasteiger charge is -2.32. The van der Waals surface area contributed by atoms with Gasteiger partial charge in [-0.2, -0.15) is 0 Å². The van der Waals surface area contributed by atoms with Gasteiger partial charge in [0, 0.05) is 49.7 Å². The number of rotatable bonds is 14. The van der Waals surface area contributed by atoms with Crippen molar-refractivity contribution in [3.05, 3.63) is 174 Å². The molecule has 0 spiro atoms. The van der Waals surface area contributed by atoms with Gasteiger partial charge in [-0.3, -0.25) is 9.44 Å². The fourth-order valence-corrected chi connectivity index (χ4v) is 13.1. The molecular weight excluding hydrogens is 1200 g/mol. The Bertz CT molecular complexity index is 4040. The number of sulfonamides is 2. The second-order valence-electron chi connectivity index (χ2n) is 18.0. The van der Waals surface area contributed by atoms with Crippen molar-refractivity contribution in [2.75, 3.05) is 51.2 Å². The van der Waals surface area contributed by atoms with Gasteiger partial charge in [-0.05, 0) is 109 Å². The maximum atomic E-state index is 16.0. The Hall–Kier alpha value is -8.71. The Balaban J connectivity index is 0.000000197. The molecule has 4 aromatic carbocycles. The van der Waals surface area contributed by atoms with Crippen LogP contribution in [0.15, 0.2) is 144 Å². The average Bonchev–Trinajstić information content (AvgIpc) is 2.62. The van der Waals surface area contributed by atoms with E-state index >= 15 is 8.78 Å². The largest absolute Gasteiger partial charge is 0.412 e. The molecule has 0 atom stereocenters. The van der Waals surface area contributed by atoms with E-state index in [2.05, 4.69) is 39.7 Å². The number of aromatic nitrogens is 8. The molecule has 432 valence electrons. The number of nitrogen functional groups attached to an aromatic ring is 1. The summed E-state index contributed by atoms with van der Waals surface area (Å²) in [6.07, 6.45) is 5.05. The molecule has 10 aromatic rings. The molecule has 12 rings (SSSR count). The van der Waals surface area contributed by atoms with Crippen LogP contribution in [-0.2, 0) is 20.0 Å². The average molecular weight is 1250 g/mol. The number of pyridine rings is 2. The van der Waals surface area contributed by atoms with E-state index in [4.69, 9.17) is 27.3 Å². The van der Waals surface area contributed by atoms with E-state index in [1.807, 2.05) is 33.7 Å². The van der Waals surface area contributed by atoms with Crippen LogP contribution in [0, 0.1) is 34.9 Å². The zero-order chi connectivity index (χ0) is 57.5. The van der Waals surface area contributed by atoms with Crippen LogP contribution in [0.4, 0.5) is 55.3 Å². The quantitative estimate of drug-likeness (QED) is 0.0581. The van der Waals surface area contributed by atoms with Gasteiger partial charge in [-0.25, -0.2) is 83.0 Å². The van der Waals surface area contributed by atoms with Gasteiger partial charge >= 0.3 is 0 Å². The third kappa shape index (κ3) is 12.2. The molecule has 0 aliphatic carbocycles. The van der Waals surface area contributed by atoms with E-state index in [-0.39, 0.29) is 45.4 Å². The predicted molar refractivity (Wildman–Crippen MR) is 310 cm³/mol. The first kappa shape index (κ1) is 59.9. The highest BCUT2D eigenvalue weighted by Crippen LogP contribution is 2.44. The Morgan fingerprint density at radius 2 is 0.881 bits per heavy atom. The number of benzene rings is 4. The van der Waals surface area contributed by atoms with Gasteiger partial charge in [-0.15, -0.1) is 22.7 Å². The van der Waals surface area contributed by atoms with Crippen molar-refractivity contribution in [1.82, 2.24) is 46.0 Å². The SMILES string of the molecule is N.Nc1nccc(-c2sc(-c3cccc(N4CCC4)n3)nc2-c2cccc(NS(=O)(=O)c3c(F)cccc3F)c2F)n1.O.O=S(=O)(Nc1cccc(-c2nc(-c3cccc(N4CCC4)n3)sc2-c2ccnc(Cl)n2)c1F)c1c(F)cccc1F. The number of anilines is 5. The van der Waals surface area contributed by atoms with Gasteiger partial charge in [0.15, 0.2) is 21.4 Å². The van der Waals surface area contributed by atoms with Crippen LogP contribution in [0.1, 0.15) is 12.8 Å². The van der Waals surface area contributed by atoms with E-state index in [1.165, 1.54) is 59.3 Å². The van der Waals surface area contributed by atoms with Crippen LogP contribution in [0.3, 0.4) is 0 Å². The van der Waals surface area contributed by atoms with E-state index in [0.717, 1.165) is 99.2 Å². The number of hydrogen-bond donors (Lipinski definition) is 4. The Kier molecular flexibility index (Phi) is 17.6. The van der Waals surface area contributed by atoms with Crippen molar-refractivity contribution in [2.45, 2.75) is 22.6 Å². The summed E-state index contributed by atoms with van der Waals surface area (Å²) in [7, 11) is -9.64. The number of nitrogens with zero attached hydrogens (tertiary/aromatic N) is 10. The molecule has 6 aromatic heterocycles. The van der Waals surface area contributed by atoms with Crippen molar-refractivity contribution < 1.29 is 48.7 Å². The number of thiazole rings is 2. The fraction of sp³-hybridized carbons (Fsp3) is 0.111. The molecule has 2 aliphatic rings. The second-order valence-corrected chi connectivity index (χ2v) is 23.6. The molecule has 0 unspecified atom stereocenters. The summed E-state index contributed by atoms with van der Waals surface area (Å²) < 4.78 is 144. The minimum absolute atomic E-state index is 0. The van der Waals surface area contributed by atoms with Gasteiger partial charge in [-0.1, -0.05) is 36.4 Å². The van der Waals surface area contributed by atoms with Crippen molar-refractivity contribution in [1.29, 1.82) is 0 Å². The van der Waals surface area contributed by atoms with Gasteiger partial charge in [0.2, 0.25) is 11.2 Å². The summed E-state index contributed by atoms with van der Waals surface area (Å²) in [4.78, 5) is 37.8. The summed E-state index contributed by atoms with van der Waals surface area (Å²) in [5.41, 5.74) is 6.75. The maximum absolute atomic E-state index is 16.0. The lowest BCUT2D eigenvalue weighted by molar-refractivity contribution is 0.519. The summed E-state index contributed by atoms with van der Waals surface area (Å²) >= 11 is 8.44. The van der Waals surface area contributed by atoms with Crippen LogP contribution in [0.5, 0.6) is 0 Å². The third-order valence-electron chi connectivity index (χ3n) is 12.7. The molecule has 8 heterocycles. The fourth-order valence-electron chi connectivity index (χ4n) is 8.52. The van der Waals surface area contributed by atoms with Crippen LogP contribution in [-0.4, -0.2) is 88.4 Å². The van der Waals surface area contributed by atoms with Crippen LogP contribution < -0.4 is 31.1 Å². The molecular formula is C54H43ClF6N14O5S4. The molecule has 2 saturated heterocycles. The zero-order valence-electron chi connectivity index (χ0n) is 43.1. The number of nitrogens with one attached hydrogen (secondary N) is 2. The molecule has 0 amide bonds. The smallest absolute Gasteiger partial charge is 0.267 e. The van der Waals surface area contributed by atoms with E-state index < -0.39 is 76.1 Å². The number of hydrogen-bond acceptors (Lipinski definition) is 18. The highest BCUT2D eigenvalue weighted by molar-refractivity contribution is 7.93. The first-order valence-electron chi connectivity index (χ1n) is 24.5. The molecule has 2 fully saturated rings. The lowest BCUT2D eigenvalue weighted by atomic mass is 10.1. The van der Waals surface area contributed by atoms with E-state index in [0.29, 0.717) is 42.5 Å². The van der Waals surface area contributed by atoms with Crippen molar-refractivity contribution >= 4 is 83.3 Å². The molecule has 2 aliphatic heterocycles. The van der Waals surface area contributed by atoms with E-state index in [1.54, 1.807) is 24.3 Å². The predicted octanol–water partition coefficient (Wildman–Crippen LogP) is 11.1. The minimum atomic E-state index is -4.82. The van der Waals surface area contributed by atoms with Crippen molar-refractivity contribution in [3.8, 4) is 65.1 Å². The van der Waals surface area contributed by atoms with Gasteiger partial charge in [0.25, 0.3) is 20.0 Å². The standard InChI is InChI=1S/C27H18ClF3N6O2S2.C27H20F3N7O2S2.H3N.H2O/c28-27-32-12-11-19(34-27)24-23(35-26(40-24)20-9-3-10-21(33-20)37-13-4-14-37)15-5-1-8-18(22(15)31)36-41(38,39)25-16(29)6-2-7-17(25)30;28-16-6-2-7-17(29)25(16)41(38,39)36-18-8-1-5-15(22(18)30)23-24(19-11-12-32-27(31)34-19)40-26(35-23)20-9-3-10-21(33-20)37-13-4-14-37;;/h1-3,5-12,36H,4,13-14H2;1-3,5-12,36H,4,13-14H2,(H2,31,32,34);1H3;1H2. The normalized spacial score (nSPS) is 12.9. The van der Waals surface area contributed by atoms with Crippen LogP contribution in [0.25, 0.3) is 65.1 Å². The maximum Gasteiger partial charge on any atom is 0.267 e. The number of nitrogens with two attached hydrogens (primary N) is 1. The van der Waals surface area contributed by atoms with Crippen LogP contribution >= 0.6 is 34.3 Å². The lowest BCUT2D eigenvalue weighted by Crippen LogP contribution is -2.37. The molecule has 9 N–H and O–H groups in total. The molecule has 0 radical (unpaired) electrons. The van der Waals surface area contributed by atoms with Crippen LogP contribution in [0.2, 0.25) is 5.28 Å². The monoisotopic (exact) mass is 1240 g/mol. The summed E-state index contributed by atoms with van der Waals surface area (Å²) in [5.74, 6) is -5.67. The molecule has 30 heteroatoms. The topological polar surface area (TPSA) is 294 Å². The van der Waals surface area contributed by atoms with Crippen molar-refractivity contribution in [2.24, 2.45) is 0 Å². The summed E-state index contributed by atoms with van der Waals surface area (Å²) in [5, 5.41) is 0.898. The Labute approximate surface area is 488 Å². The van der Waals surface area contributed by atoms with Crippen molar-refractivity contribution in [3.63, 3.8) is 0 Å². The summed E-state index contributed by atoms with van der Waals surface area (Å²) in [6, 6.07) is 27.4. The zero-order valence-corrected chi connectivity index (χ0v) is 47.1. The molecule has 84 heavy (non-hydrogen) atoms. The number of halogens is 7. The van der Waals surface area contributed by atoms with E-state index in [9.17, 15) is 34.4 Å². The second kappa shape index (κ2) is 24.6. The third-order valence-corrected chi connectivity index (χ3v) is 17.9. The minimum Gasteiger partial charge on any atom is -0.412 e. The van der Waals surface area contributed by atoms with Gasteiger partial charge in [0.1, 0.15) is 56.3 Å². The molecule has 0 saturated carbocycles. The first-order chi connectivity index (χ1) is 39.4. The molecule has 0 bridgehead atoms. The summed E-state index contributed by atoms with van der Waals surface area (Å²) in [6.45, 7) is 3.59. The van der Waals surface area contributed by atoms with Gasteiger partial charge < -0.3 is 27.2 Å². The Morgan fingerprint density at radius 3 is 1.27 bits per heavy atom. The highest BCUT2D eigenvalue weighted by atomic mass is 35.5. The first-order valence-corrected chi connectivity index (χ1v) is 29.5. The molecule has 19 nitrogen and oxygen atoms in total. The Morgan fingerprint density at radius 1 is 0.488 bits per heavy atom. The highest BCUT2D eigenvalue weighted by Gasteiger charge is 2.30.